The molecule has 0 unspecified atom stereocenters. The lowest BCUT2D eigenvalue weighted by Gasteiger charge is -2.11. The zero-order valence-electron chi connectivity index (χ0n) is 16.0. The highest BCUT2D eigenvalue weighted by atomic mass is 16.5. The fraction of sp³-hybridized carbons (Fsp3) is 0.238. The number of H-pyrrole nitrogens is 1. The van der Waals surface area contributed by atoms with E-state index < -0.39 is 0 Å². The van der Waals surface area contributed by atoms with Gasteiger partial charge in [-0.3, -0.25) is 9.59 Å². The number of methoxy groups -OCH3 is 3. The molecule has 3 aromatic rings. The van der Waals surface area contributed by atoms with Crippen molar-refractivity contribution in [3.63, 3.8) is 0 Å². The zero-order valence-corrected chi connectivity index (χ0v) is 16.0. The van der Waals surface area contributed by atoms with Crippen LogP contribution in [0.2, 0.25) is 0 Å². The number of fused-ring (bicyclic) bond motifs is 1. The summed E-state index contributed by atoms with van der Waals surface area (Å²) < 4.78 is 15.6. The first-order valence-corrected chi connectivity index (χ1v) is 8.69. The average Bonchev–Trinajstić information content (AvgIpc) is 2.67. The largest absolute Gasteiger partial charge is 0.493 e. The van der Waals surface area contributed by atoms with Crippen molar-refractivity contribution in [2.24, 2.45) is 0 Å². The Kier molecular flexibility index (Phi) is 5.96. The van der Waals surface area contributed by atoms with E-state index in [2.05, 4.69) is 10.3 Å². The van der Waals surface area contributed by atoms with Gasteiger partial charge in [0.05, 0.1) is 32.8 Å². The first-order valence-electron chi connectivity index (χ1n) is 8.69. The summed E-state index contributed by atoms with van der Waals surface area (Å²) in [5, 5.41) is 3.73. The minimum Gasteiger partial charge on any atom is -0.493 e. The van der Waals surface area contributed by atoms with Gasteiger partial charge >= 0.3 is 0 Å². The molecule has 0 bridgehead atoms. The van der Waals surface area contributed by atoms with Crippen molar-refractivity contribution in [1.29, 1.82) is 0 Å². The van der Waals surface area contributed by atoms with Crippen LogP contribution in [0, 0.1) is 0 Å². The minimum atomic E-state index is -0.214. The highest BCUT2D eigenvalue weighted by Crippen LogP contribution is 2.28. The number of rotatable bonds is 7. The molecule has 2 aromatic carbocycles. The summed E-state index contributed by atoms with van der Waals surface area (Å²) in [6.45, 7) is 0.339. The van der Waals surface area contributed by atoms with E-state index in [1.165, 1.54) is 6.07 Å². The fourth-order valence-electron chi connectivity index (χ4n) is 3.07. The van der Waals surface area contributed by atoms with Crippen molar-refractivity contribution in [3.8, 4) is 11.5 Å². The van der Waals surface area contributed by atoms with Crippen LogP contribution in [-0.2, 0) is 22.6 Å². The van der Waals surface area contributed by atoms with Crippen molar-refractivity contribution >= 4 is 22.5 Å². The zero-order chi connectivity index (χ0) is 20.1. The van der Waals surface area contributed by atoms with Gasteiger partial charge in [0.25, 0.3) is 0 Å². The second-order valence-electron chi connectivity index (χ2n) is 6.27. The van der Waals surface area contributed by atoms with Crippen LogP contribution in [0.1, 0.15) is 11.1 Å². The average molecular weight is 382 g/mol. The van der Waals surface area contributed by atoms with Gasteiger partial charge in [-0.15, -0.1) is 0 Å². The number of aromatic nitrogens is 1. The highest BCUT2D eigenvalue weighted by molar-refractivity contribution is 5.95. The normalized spacial score (nSPS) is 10.7. The summed E-state index contributed by atoms with van der Waals surface area (Å²) in [6.07, 6.45) is 0.179. The van der Waals surface area contributed by atoms with E-state index in [0.29, 0.717) is 29.3 Å². The van der Waals surface area contributed by atoms with Gasteiger partial charge in [-0.25, -0.2) is 0 Å². The molecule has 28 heavy (non-hydrogen) atoms. The number of aromatic amines is 1. The molecule has 0 radical (unpaired) electrons. The number of carbonyl (C=O) groups excluding carboxylic acids is 1. The van der Waals surface area contributed by atoms with Crippen LogP contribution in [0.4, 0.5) is 5.69 Å². The molecule has 0 atom stereocenters. The van der Waals surface area contributed by atoms with E-state index >= 15 is 0 Å². The third-order valence-electron chi connectivity index (χ3n) is 4.32. The van der Waals surface area contributed by atoms with Gasteiger partial charge in [0.1, 0.15) is 0 Å². The van der Waals surface area contributed by atoms with Crippen LogP contribution in [0.3, 0.4) is 0 Å². The minimum absolute atomic E-state index is 0.179. The predicted octanol–water partition coefficient (Wildman–Crippen LogP) is 2.87. The van der Waals surface area contributed by atoms with E-state index in [4.69, 9.17) is 14.2 Å². The Morgan fingerprint density at radius 3 is 2.50 bits per heavy atom. The number of benzene rings is 2. The summed E-state index contributed by atoms with van der Waals surface area (Å²) >= 11 is 0. The van der Waals surface area contributed by atoms with Crippen molar-refractivity contribution in [2.75, 3.05) is 26.6 Å². The lowest BCUT2D eigenvalue weighted by atomic mass is 10.1. The van der Waals surface area contributed by atoms with E-state index in [0.717, 1.165) is 16.5 Å². The summed E-state index contributed by atoms with van der Waals surface area (Å²) in [7, 11) is 4.69. The quantitative estimate of drug-likeness (QED) is 0.656. The molecule has 0 spiro atoms. The van der Waals surface area contributed by atoms with Gasteiger partial charge in [-0.05, 0) is 35.4 Å². The number of carbonyl (C=O) groups is 1. The third kappa shape index (κ3) is 4.32. The van der Waals surface area contributed by atoms with Gasteiger partial charge in [0, 0.05) is 24.2 Å². The summed E-state index contributed by atoms with van der Waals surface area (Å²) in [4.78, 5) is 27.1. The first-order chi connectivity index (χ1) is 13.5. The van der Waals surface area contributed by atoms with Gasteiger partial charge in [-0.2, -0.15) is 0 Å². The monoisotopic (exact) mass is 382 g/mol. The summed E-state index contributed by atoms with van der Waals surface area (Å²) in [5.41, 5.74) is 2.62. The molecule has 7 heteroatoms. The second-order valence-corrected chi connectivity index (χ2v) is 6.27. The van der Waals surface area contributed by atoms with E-state index in [-0.39, 0.29) is 17.9 Å². The Bertz CT molecular complexity index is 1060. The standard InChI is InChI=1S/C21H22N2O5/c1-26-12-14-10-21(25)23-17-11-15(5-6-16(14)17)22-20(24)9-13-4-7-18(27-2)19(8-13)28-3/h4-8,10-11H,9,12H2,1-3H3,(H,22,24)(H,23,25). The maximum absolute atomic E-state index is 12.4. The molecule has 0 aliphatic heterocycles. The molecule has 1 amide bonds. The van der Waals surface area contributed by atoms with Gasteiger partial charge in [0.2, 0.25) is 11.5 Å². The molecule has 2 N–H and O–H groups in total. The smallest absolute Gasteiger partial charge is 0.248 e. The van der Waals surface area contributed by atoms with Crippen molar-refractivity contribution in [3.05, 3.63) is 63.9 Å². The molecule has 3 rings (SSSR count). The first kappa shape index (κ1) is 19.4. The number of pyridine rings is 1. The van der Waals surface area contributed by atoms with Gasteiger partial charge in [0.15, 0.2) is 11.5 Å². The lowest BCUT2D eigenvalue weighted by Crippen LogP contribution is -2.15. The highest BCUT2D eigenvalue weighted by Gasteiger charge is 2.10. The molecule has 0 saturated heterocycles. The molecule has 1 heterocycles. The SMILES string of the molecule is COCc1cc(=O)[nH]c2cc(NC(=O)Cc3ccc(OC)c(OC)c3)ccc12. The van der Waals surface area contributed by atoms with Crippen molar-refractivity contribution in [1.82, 2.24) is 4.98 Å². The summed E-state index contributed by atoms with van der Waals surface area (Å²) in [6, 6.07) is 12.3. The number of ether oxygens (including phenoxy) is 3. The Balaban J connectivity index is 1.79. The van der Waals surface area contributed by atoms with E-state index in [9.17, 15) is 9.59 Å². The van der Waals surface area contributed by atoms with Gasteiger partial charge in [-0.1, -0.05) is 12.1 Å². The Hall–Kier alpha value is -3.32. The van der Waals surface area contributed by atoms with Crippen LogP contribution >= 0.6 is 0 Å². The number of amides is 1. The predicted molar refractivity (Wildman–Crippen MR) is 107 cm³/mol. The Morgan fingerprint density at radius 2 is 1.79 bits per heavy atom. The molecule has 0 saturated carbocycles. The number of anilines is 1. The molecule has 146 valence electrons. The van der Waals surface area contributed by atoms with Crippen LogP contribution in [0.25, 0.3) is 10.9 Å². The molecule has 7 nitrogen and oxygen atoms in total. The van der Waals surface area contributed by atoms with Crippen LogP contribution in [-0.4, -0.2) is 32.2 Å². The van der Waals surface area contributed by atoms with Crippen LogP contribution < -0.4 is 20.3 Å². The van der Waals surface area contributed by atoms with E-state index in [1.807, 2.05) is 12.1 Å². The molecular weight excluding hydrogens is 360 g/mol. The topological polar surface area (TPSA) is 89.7 Å². The number of hydrogen-bond donors (Lipinski definition) is 2. The second kappa shape index (κ2) is 8.58. The van der Waals surface area contributed by atoms with Crippen LogP contribution in [0.15, 0.2) is 47.3 Å². The number of nitrogens with one attached hydrogen (secondary N) is 2. The van der Waals surface area contributed by atoms with Crippen molar-refractivity contribution in [2.45, 2.75) is 13.0 Å². The van der Waals surface area contributed by atoms with Gasteiger partial charge < -0.3 is 24.5 Å². The molecule has 0 aliphatic carbocycles. The maximum atomic E-state index is 12.4. The number of hydrogen-bond acceptors (Lipinski definition) is 5. The Morgan fingerprint density at radius 1 is 1.00 bits per heavy atom. The third-order valence-corrected chi connectivity index (χ3v) is 4.32. The van der Waals surface area contributed by atoms with E-state index in [1.54, 1.807) is 45.6 Å². The fourth-order valence-corrected chi connectivity index (χ4v) is 3.07. The molecule has 1 aromatic heterocycles. The lowest BCUT2D eigenvalue weighted by molar-refractivity contribution is -0.115. The maximum Gasteiger partial charge on any atom is 0.248 e. The summed E-state index contributed by atoms with van der Waals surface area (Å²) in [5.74, 6) is 1.00. The van der Waals surface area contributed by atoms with Crippen LogP contribution in [0.5, 0.6) is 11.5 Å². The molecule has 0 fully saturated rings. The molecule has 0 aliphatic rings. The Labute approximate surface area is 162 Å². The molecular formula is C21H22N2O5. The van der Waals surface area contributed by atoms with Crippen molar-refractivity contribution < 1.29 is 19.0 Å².